The van der Waals surface area contributed by atoms with Gasteiger partial charge in [-0.05, 0) is 36.8 Å². The first-order valence-corrected chi connectivity index (χ1v) is 7.34. The summed E-state index contributed by atoms with van der Waals surface area (Å²) >= 11 is 0. The van der Waals surface area contributed by atoms with E-state index in [1.807, 2.05) is 55.5 Å². The van der Waals surface area contributed by atoms with Crippen LogP contribution in [0.25, 0.3) is 10.9 Å². The normalized spacial score (nSPS) is 16.3. The van der Waals surface area contributed by atoms with Crippen molar-refractivity contribution in [3.05, 3.63) is 59.8 Å². The highest BCUT2D eigenvalue weighted by molar-refractivity contribution is 6.03. The molecule has 1 aliphatic heterocycles. The fraction of sp³-hybridized carbons (Fsp3) is 0.167. The third-order valence-corrected chi connectivity index (χ3v) is 4.00. The second kappa shape index (κ2) is 4.91. The van der Waals surface area contributed by atoms with Crippen LogP contribution in [0.5, 0.6) is 5.75 Å². The van der Waals surface area contributed by atoms with Gasteiger partial charge in [0.05, 0.1) is 5.69 Å². The molecule has 0 bridgehead atoms. The number of para-hydroxylation sites is 1. The quantitative estimate of drug-likeness (QED) is 0.760. The summed E-state index contributed by atoms with van der Waals surface area (Å²) in [5, 5.41) is 4.01. The number of hydrogen-bond acceptors (Lipinski definition) is 2. The van der Waals surface area contributed by atoms with E-state index in [0.717, 1.165) is 33.6 Å². The van der Waals surface area contributed by atoms with Crippen molar-refractivity contribution >= 4 is 22.5 Å². The Morgan fingerprint density at radius 2 is 2.09 bits per heavy atom. The van der Waals surface area contributed by atoms with Crippen molar-refractivity contribution < 1.29 is 9.53 Å². The van der Waals surface area contributed by atoms with Crippen LogP contribution in [0.15, 0.2) is 48.5 Å². The molecule has 0 saturated heterocycles. The average molecular weight is 292 g/mol. The number of carbonyl (C=O) groups is 1. The highest BCUT2D eigenvalue weighted by Gasteiger charge is 2.29. The first kappa shape index (κ1) is 13.0. The molecule has 1 aromatic heterocycles. The molecular weight excluding hydrogens is 276 g/mol. The van der Waals surface area contributed by atoms with E-state index in [-0.39, 0.29) is 5.91 Å². The lowest BCUT2D eigenvalue weighted by Gasteiger charge is -2.12. The van der Waals surface area contributed by atoms with Crippen molar-refractivity contribution in [1.82, 2.24) is 4.98 Å². The van der Waals surface area contributed by atoms with Crippen molar-refractivity contribution in [2.45, 2.75) is 19.4 Å². The molecule has 2 heterocycles. The maximum Gasteiger partial charge on any atom is 0.265 e. The summed E-state index contributed by atoms with van der Waals surface area (Å²) in [7, 11) is 0. The Bertz CT molecular complexity index is 841. The summed E-state index contributed by atoms with van der Waals surface area (Å²) in [6.45, 7) is 2.00. The number of amides is 1. The van der Waals surface area contributed by atoms with Crippen molar-refractivity contribution in [3.63, 3.8) is 0 Å². The fourth-order valence-corrected chi connectivity index (χ4v) is 2.95. The predicted octanol–water partition coefficient (Wildman–Crippen LogP) is 3.42. The Morgan fingerprint density at radius 1 is 1.23 bits per heavy atom. The first-order valence-electron chi connectivity index (χ1n) is 7.34. The van der Waals surface area contributed by atoms with Gasteiger partial charge in [-0.15, -0.1) is 0 Å². The molecule has 0 spiro atoms. The molecule has 0 radical (unpaired) electrons. The maximum atomic E-state index is 12.5. The van der Waals surface area contributed by atoms with Crippen molar-refractivity contribution in [2.75, 3.05) is 5.32 Å². The smallest absolute Gasteiger partial charge is 0.265 e. The van der Waals surface area contributed by atoms with Crippen LogP contribution in [0, 0.1) is 6.92 Å². The van der Waals surface area contributed by atoms with Crippen molar-refractivity contribution in [2.24, 2.45) is 0 Å². The molecule has 4 nitrogen and oxygen atoms in total. The van der Waals surface area contributed by atoms with Crippen molar-refractivity contribution in [1.29, 1.82) is 0 Å². The number of hydrogen-bond donors (Lipinski definition) is 2. The number of anilines is 1. The van der Waals surface area contributed by atoms with Gasteiger partial charge in [0.15, 0.2) is 6.10 Å². The Balaban J connectivity index is 1.57. The highest BCUT2D eigenvalue weighted by Crippen LogP contribution is 2.29. The summed E-state index contributed by atoms with van der Waals surface area (Å²) in [5.41, 5.74) is 3.98. The van der Waals surface area contributed by atoms with Gasteiger partial charge in [-0.1, -0.05) is 24.3 Å². The van der Waals surface area contributed by atoms with Gasteiger partial charge in [-0.3, -0.25) is 4.79 Å². The van der Waals surface area contributed by atoms with E-state index in [1.165, 1.54) is 0 Å². The van der Waals surface area contributed by atoms with E-state index < -0.39 is 6.10 Å². The number of aromatic amines is 1. The molecule has 4 rings (SSSR count). The van der Waals surface area contributed by atoms with E-state index in [9.17, 15) is 4.79 Å². The standard InChI is InChI=1S/C18H16N2O2/c1-11-9-13-14(19-11)6-4-7-15(13)20-18(21)17-10-12-5-2-3-8-16(12)22-17/h2-9,17,19H,10H2,1H3,(H,20,21). The molecule has 0 fully saturated rings. The minimum atomic E-state index is -0.465. The van der Waals surface area contributed by atoms with Gasteiger partial charge in [0.1, 0.15) is 5.75 Å². The average Bonchev–Trinajstić information content (AvgIpc) is 3.10. The largest absolute Gasteiger partial charge is 0.480 e. The van der Waals surface area contributed by atoms with E-state index in [2.05, 4.69) is 10.3 Å². The van der Waals surface area contributed by atoms with Gasteiger partial charge in [0.2, 0.25) is 0 Å². The number of aryl methyl sites for hydroxylation is 1. The van der Waals surface area contributed by atoms with Crippen LogP contribution in [0.4, 0.5) is 5.69 Å². The molecule has 110 valence electrons. The van der Waals surface area contributed by atoms with Crippen LogP contribution in [-0.2, 0) is 11.2 Å². The van der Waals surface area contributed by atoms with Gasteiger partial charge in [-0.2, -0.15) is 0 Å². The summed E-state index contributed by atoms with van der Waals surface area (Å²) in [6.07, 6.45) is 0.150. The van der Waals surface area contributed by atoms with Gasteiger partial charge < -0.3 is 15.0 Å². The second-order valence-corrected chi connectivity index (χ2v) is 5.63. The van der Waals surface area contributed by atoms with E-state index in [4.69, 9.17) is 4.74 Å². The minimum Gasteiger partial charge on any atom is -0.480 e. The third-order valence-electron chi connectivity index (χ3n) is 4.00. The Morgan fingerprint density at radius 3 is 2.95 bits per heavy atom. The lowest BCUT2D eigenvalue weighted by atomic mass is 10.1. The molecule has 1 amide bonds. The molecule has 1 aliphatic rings. The zero-order valence-corrected chi connectivity index (χ0v) is 12.2. The molecule has 2 aromatic carbocycles. The number of ether oxygens (including phenoxy) is 1. The Kier molecular flexibility index (Phi) is 2.89. The number of carbonyl (C=O) groups excluding carboxylic acids is 1. The van der Waals surface area contributed by atoms with Gasteiger partial charge >= 0.3 is 0 Å². The Labute approximate surface area is 128 Å². The van der Waals surface area contributed by atoms with Crippen LogP contribution in [-0.4, -0.2) is 17.0 Å². The number of aromatic nitrogens is 1. The molecule has 1 atom stereocenters. The maximum absolute atomic E-state index is 12.5. The predicted molar refractivity (Wildman–Crippen MR) is 86.2 cm³/mol. The molecule has 3 aromatic rings. The lowest BCUT2D eigenvalue weighted by molar-refractivity contribution is -0.122. The number of rotatable bonds is 2. The number of nitrogens with one attached hydrogen (secondary N) is 2. The molecule has 4 heteroatoms. The molecule has 0 saturated carbocycles. The minimum absolute atomic E-state index is 0.109. The second-order valence-electron chi connectivity index (χ2n) is 5.63. The third kappa shape index (κ3) is 2.13. The zero-order valence-electron chi connectivity index (χ0n) is 12.2. The summed E-state index contributed by atoms with van der Waals surface area (Å²) in [6, 6.07) is 15.7. The highest BCUT2D eigenvalue weighted by atomic mass is 16.5. The molecule has 1 unspecified atom stereocenters. The topological polar surface area (TPSA) is 54.1 Å². The van der Waals surface area contributed by atoms with E-state index in [1.54, 1.807) is 0 Å². The number of benzene rings is 2. The molecule has 2 N–H and O–H groups in total. The number of fused-ring (bicyclic) bond motifs is 2. The van der Waals surface area contributed by atoms with Crippen LogP contribution >= 0.6 is 0 Å². The molecular formula is C18H16N2O2. The Hall–Kier alpha value is -2.75. The fourth-order valence-electron chi connectivity index (χ4n) is 2.95. The van der Waals surface area contributed by atoms with E-state index >= 15 is 0 Å². The van der Waals surface area contributed by atoms with Crippen LogP contribution in [0.2, 0.25) is 0 Å². The van der Waals surface area contributed by atoms with Gasteiger partial charge in [-0.25, -0.2) is 0 Å². The SMILES string of the molecule is Cc1cc2c(NC(=O)C3Cc4ccccc4O3)cccc2[nH]1. The van der Waals surface area contributed by atoms with Gasteiger partial charge in [0, 0.05) is 23.0 Å². The number of H-pyrrole nitrogens is 1. The van der Waals surface area contributed by atoms with Crippen LogP contribution < -0.4 is 10.1 Å². The van der Waals surface area contributed by atoms with Crippen LogP contribution in [0.1, 0.15) is 11.3 Å². The summed E-state index contributed by atoms with van der Waals surface area (Å²) in [5.74, 6) is 0.695. The molecule has 22 heavy (non-hydrogen) atoms. The summed E-state index contributed by atoms with van der Waals surface area (Å²) in [4.78, 5) is 15.8. The monoisotopic (exact) mass is 292 g/mol. The lowest BCUT2D eigenvalue weighted by Crippen LogP contribution is -2.31. The first-order chi connectivity index (χ1) is 10.7. The van der Waals surface area contributed by atoms with Gasteiger partial charge in [0.25, 0.3) is 5.91 Å². The van der Waals surface area contributed by atoms with Crippen LogP contribution in [0.3, 0.4) is 0 Å². The zero-order chi connectivity index (χ0) is 15.1. The summed E-state index contributed by atoms with van der Waals surface area (Å²) < 4.78 is 5.74. The van der Waals surface area contributed by atoms with Crippen molar-refractivity contribution in [3.8, 4) is 5.75 Å². The molecule has 0 aliphatic carbocycles. The van der Waals surface area contributed by atoms with E-state index in [0.29, 0.717) is 6.42 Å².